The van der Waals surface area contributed by atoms with Crippen LogP contribution in [0.1, 0.15) is 30.3 Å². The molecule has 28 heavy (non-hydrogen) atoms. The fourth-order valence-electron chi connectivity index (χ4n) is 4.61. The normalized spacial score (nSPS) is 26.3. The van der Waals surface area contributed by atoms with Crippen LogP contribution in [0.4, 0.5) is 0 Å². The summed E-state index contributed by atoms with van der Waals surface area (Å²) in [5.41, 5.74) is 1.97. The van der Waals surface area contributed by atoms with Crippen LogP contribution in [0.3, 0.4) is 0 Å². The van der Waals surface area contributed by atoms with Gasteiger partial charge < -0.3 is 9.73 Å². The molecule has 0 spiro atoms. The molecule has 2 bridgehead atoms. The molecule has 5 nitrogen and oxygen atoms in total. The molecule has 3 aliphatic rings. The van der Waals surface area contributed by atoms with E-state index in [0.29, 0.717) is 23.5 Å². The number of thiazole rings is 1. The summed E-state index contributed by atoms with van der Waals surface area (Å²) in [6, 6.07) is 12.2. The number of nitrogens with one attached hydrogen (secondary N) is 1. The van der Waals surface area contributed by atoms with Gasteiger partial charge in [0, 0.05) is 34.8 Å². The summed E-state index contributed by atoms with van der Waals surface area (Å²) in [6.45, 7) is 4.52. The molecule has 0 saturated carbocycles. The molecule has 1 amide bonds. The molecule has 3 fully saturated rings. The van der Waals surface area contributed by atoms with Crippen molar-refractivity contribution in [1.29, 1.82) is 0 Å². The minimum Gasteiger partial charge on any atom is -0.451 e. The molecular formula is C22H23N3O2S. The third-order valence-electron chi connectivity index (χ3n) is 6.16. The van der Waals surface area contributed by atoms with Gasteiger partial charge in [0.2, 0.25) is 0 Å². The minimum atomic E-state index is -0.122. The van der Waals surface area contributed by atoms with Gasteiger partial charge in [0.25, 0.3) is 5.91 Å². The van der Waals surface area contributed by atoms with Crippen molar-refractivity contribution < 1.29 is 9.21 Å². The van der Waals surface area contributed by atoms with Crippen molar-refractivity contribution in [2.75, 3.05) is 13.1 Å². The number of aromatic nitrogens is 1. The van der Waals surface area contributed by atoms with Crippen LogP contribution in [0, 0.1) is 5.92 Å². The molecule has 3 aliphatic heterocycles. The Morgan fingerprint density at radius 3 is 2.68 bits per heavy atom. The van der Waals surface area contributed by atoms with E-state index in [0.717, 1.165) is 29.2 Å². The van der Waals surface area contributed by atoms with Crippen molar-refractivity contribution in [3.63, 3.8) is 0 Å². The molecule has 6 rings (SSSR count). The molecule has 2 atom stereocenters. The zero-order valence-corrected chi connectivity index (χ0v) is 16.6. The molecule has 0 aliphatic carbocycles. The van der Waals surface area contributed by atoms with Crippen LogP contribution in [-0.2, 0) is 0 Å². The van der Waals surface area contributed by atoms with Crippen LogP contribution in [0.15, 0.2) is 52.4 Å². The van der Waals surface area contributed by atoms with Crippen molar-refractivity contribution in [1.82, 2.24) is 15.2 Å². The number of amides is 1. The molecule has 5 heterocycles. The molecular weight excluding hydrogens is 370 g/mol. The van der Waals surface area contributed by atoms with E-state index in [1.165, 1.54) is 12.8 Å². The number of furan rings is 1. The van der Waals surface area contributed by atoms with Crippen LogP contribution in [0.2, 0.25) is 0 Å². The highest BCUT2D eigenvalue weighted by atomic mass is 32.1. The Morgan fingerprint density at radius 1 is 1.18 bits per heavy atom. The van der Waals surface area contributed by atoms with E-state index in [4.69, 9.17) is 4.42 Å². The van der Waals surface area contributed by atoms with Gasteiger partial charge in [0.1, 0.15) is 10.8 Å². The standard InChI is InChI=1S/C22H23N3O2S/c1-14-20(15-8-11-25(14)12-9-15)24-21(26)19-7-6-18(27-19)16-4-2-3-5-17(16)22-23-10-13-28-22/h2-7,10,13-15,20H,8-9,11-12H2,1H3,(H,24,26). The number of carbonyl (C=O) groups excluding carboxylic acids is 1. The third-order valence-corrected chi connectivity index (χ3v) is 6.97. The number of carbonyl (C=O) groups is 1. The second-order valence-corrected chi connectivity index (χ2v) is 8.55. The highest BCUT2D eigenvalue weighted by Gasteiger charge is 2.40. The number of piperidine rings is 3. The van der Waals surface area contributed by atoms with Crippen molar-refractivity contribution in [3.8, 4) is 21.9 Å². The van der Waals surface area contributed by atoms with Gasteiger partial charge in [0.15, 0.2) is 5.76 Å². The smallest absolute Gasteiger partial charge is 0.287 e. The summed E-state index contributed by atoms with van der Waals surface area (Å²) in [5.74, 6) is 1.51. The molecule has 2 aromatic heterocycles. The van der Waals surface area contributed by atoms with Gasteiger partial charge in [-0.15, -0.1) is 11.3 Å². The minimum absolute atomic E-state index is 0.122. The first-order chi connectivity index (χ1) is 13.7. The van der Waals surface area contributed by atoms with E-state index in [2.05, 4.69) is 22.1 Å². The van der Waals surface area contributed by atoms with Crippen LogP contribution < -0.4 is 5.32 Å². The predicted octanol–water partition coefficient (Wildman–Crippen LogP) is 4.28. The first-order valence-corrected chi connectivity index (χ1v) is 10.7. The Bertz CT molecular complexity index is 971. The summed E-state index contributed by atoms with van der Waals surface area (Å²) in [4.78, 5) is 19.7. The molecule has 0 radical (unpaired) electrons. The molecule has 3 aromatic rings. The average molecular weight is 394 g/mol. The number of hydrogen-bond acceptors (Lipinski definition) is 5. The molecule has 3 saturated heterocycles. The number of benzene rings is 1. The summed E-state index contributed by atoms with van der Waals surface area (Å²) < 4.78 is 5.98. The Morgan fingerprint density at radius 2 is 1.96 bits per heavy atom. The van der Waals surface area contributed by atoms with Crippen molar-refractivity contribution in [3.05, 3.63) is 53.7 Å². The Kier molecular flexibility index (Phi) is 4.53. The second kappa shape index (κ2) is 7.18. The van der Waals surface area contributed by atoms with Crippen LogP contribution in [0.25, 0.3) is 21.9 Å². The van der Waals surface area contributed by atoms with Gasteiger partial charge in [-0.1, -0.05) is 24.3 Å². The van der Waals surface area contributed by atoms with Crippen LogP contribution >= 0.6 is 11.3 Å². The lowest BCUT2D eigenvalue weighted by Gasteiger charge is -2.49. The third kappa shape index (κ3) is 3.06. The van der Waals surface area contributed by atoms with Crippen molar-refractivity contribution >= 4 is 17.2 Å². The number of fused-ring (bicyclic) bond motifs is 3. The van der Waals surface area contributed by atoms with Gasteiger partial charge in [-0.2, -0.15) is 0 Å². The van der Waals surface area contributed by atoms with Crippen LogP contribution in [-0.4, -0.2) is 41.0 Å². The highest BCUT2D eigenvalue weighted by Crippen LogP contribution is 2.35. The zero-order chi connectivity index (χ0) is 19.1. The maximum absolute atomic E-state index is 12.9. The Balaban J connectivity index is 1.38. The van der Waals surface area contributed by atoms with E-state index < -0.39 is 0 Å². The number of hydrogen-bond donors (Lipinski definition) is 1. The van der Waals surface area contributed by atoms with Gasteiger partial charge in [-0.25, -0.2) is 4.98 Å². The SMILES string of the molecule is CC1C(NC(=O)c2ccc(-c3ccccc3-c3nccs3)o2)C2CCN1CC2. The van der Waals surface area contributed by atoms with Gasteiger partial charge >= 0.3 is 0 Å². The quantitative estimate of drug-likeness (QED) is 0.719. The first-order valence-electron chi connectivity index (χ1n) is 9.85. The van der Waals surface area contributed by atoms with Gasteiger partial charge in [0.05, 0.1) is 0 Å². The van der Waals surface area contributed by atoms with Gasteiger partial charge in [-0.3, -0.25) is 9.69 Å². The number of nitrogens with zero attached hydrogens (tertiary/aromatic N) is 2. The Hall–Kier alpha value is -2.44. The fraction of sp³-hybridized carbons (Fsp3) is 0.364. The molecule has 144 valence electrons. The summed E-state index contributed by atoms with van der Waals surface area (Å²) >= 11 is 1.59. The maximum Gasteiger partial charge on any atom is 0.287 e. The van der Waals surface area contributed by atoms with Crippen molar-refractivity contribution in [2.24, 2.45) is 5.92 Å². The monoisotopic (exact) mass is 393 g/mol. The summed E-state index contributed by atoms with van der Waals surface area (Å²) in [7, 11) is 0. The van der Waals surface area contributed by atoms with E-state index in [1.807, 2.05) is 35.7 Å². The summed E-state index contributed by atoms with van der Waals surface area (Å²) in [6.07, 6.45) is 4.13. The lowest BCUT2D eigenvalue weighted by atomic mass is 9.79. The molecule has 1 N–H and O–H groups in total. The summed E-state index contributed by atoms with van der Waals surface area (Å²) in [5, 5.41) is 6.14. The fourth-order valence-corrected chi connectivity index (χ4v) is 5.29. The Labute approximate surface area is 168 Å². The first kappa shape index (κ1) is 17.6. The zero-order valence-electron chi connectivity index (χ0n) is 15.8. The molecule has 1 aromatic carbocycles. The topological polar surface area (TPSA) is 58.4 Å². The lowest BCUT2D eigenvalue weighted by Crippen LogP contribution is -2.62. The average Bonchev–Trinajstić information content (AvgIpc) is 3.43. The van der Waals surface area contributed by atoms with E-state index >= 15 is 0 Å². The van der Waals surface area contributed by atoms with Crippen molar-refractivity contribution in [2.45, 2.75) is 31.8 Å². The van der Waals surface area contributed by atoms with E-state index in [-0.39, 0.29) is 11.9 Å². The lowest BCUT2D eigenvalue weighted by molar-refractivity contribution is 0.0211. The highest BCUT2D eigenvalue weighted by molar-refractivity contribution is 7.13. The van der Waals surface area contributed by atoms with Gasteiger partial charge in [-0.05, 0) is 50.9 Å². The molecule has 2 unspecified atom stereocenters. The van der Waals surface area contributed by atoms with E-state index in [9.17, 15) is 4.79 Å². The second-order valence-electron chi connectivity index (χ2n) is 7.66. The predicted molar refractivity (Wildman–Crippen MR) is 110 cm³/mol. The molecule has 6 heteroatoms. The number of rotatable bonds is 4. The van der Waals surface area contributed by atoms with Crippen LogP contribution in [0.5, 0.6) is 0 Å². The largest absolute Gasteiger partial charge is 0.451 e. The van der Waals surface area contributed by atoms with E-state index in [1.54, 1.807) is 23.6 Å². The maximum atomic E-state index is 12.9.